The molecule has 0 radical (unpaired) electrons. The minimum atomic E-state index is -1.46. The number of aryl methyl sites for hydroxylation is 1. The molecule has 3 amide bonds. The van der Waals surface area contributed by atoms with E-state index in [2.05, 4.69) is 21.2 Å². The topological polar surface area (TPSA) is 125 Å². The Bertz CT molecular complexity index is 1600. The second-order valence-corrected chi connectivity index (χ2v) is 13.6. The molecule has 6 rings (SSSR count). The van der Waals surface area contributed by atoms with Crippen molar-refractivity contribution in [3.05, 3.63) is 87.4 Å². The van der Waals surface area contributed by atoms with Crippen LogP contribution in [0.4, 0.5) is 5.69 Å². The molecule has 12 heteroatoms. The molecule has 0 unspecified atom stereocenters. The average Bonchev–Trinajstić information content (AvgIpc) is 3.64. The van der Waals surface area contributed by atoms with Crippen molar-refractivity contribution in [3.63, 3.8) is 0 Å². The SMILES string of the molecule is Cc1cccc(Cl)c1N1C/C=C\CCC(=O)NC[C@@H](c2ccccc2)OC(=O)[C@@H]2[C@H]3O[C@@]4(C=C3Br)[C@H](C1=O)N(CCCCO)C(=O)[C@@H]24. The van der Waals surface area contributed by atoms with Gasteiger partial charge in [-0.2, -0.15) is 0 Å². The van der Waals surface area contributed by atoms with E-state index in [1.165, 1.54) is 4.90 Å². The molecule has 2 aromatic carbocycles. The minimum Gasteiger partial charge on any atom is -0.455 e. The molecule has 2 aromatic rings. The van der Waals surface area contributed by atoms with Crippen molar-refractivity contribution < 1.29 is 33.8 Å². The van der Waals surface area contributed by atoms with Crippen LogP contribution in [0.25, 0.3) is 0 Å². The number of halogens is 2. The smallest absolute Gasteiger partial charge is 0.313 e. The maximum atomic E-state index is 15.0. The van der Waals surface area contributed by atoms with E-state index in [1.807, 2.05) is 55.5 Å². The molecule has 2 fully saturated rings. The monoisotopic (exact) mass is 725 g/mol. The number of hydrogen-bond donors (Lipinski definition) is 2. The van der Waals surface area contributed by atoms with E-state index in [4.69, 9.17) is 21.1 Å². The molecule has 0 aliphatic carbocycles. The zero-order valence-electron chi connectivity index (χ0n) is 25.9. The number of likely N-dealkylation sites (tertiary alicyclic amines) is 1. The molecule has 248 valence electrons. The lowest BCUT2D eigenvalue weighted by Gasteiger charge is -2.36. The van der Waals surface area contributed by atoms with Gasteiger partial charge in [0.05, 0.1) is 23.2 Å². The highest BCUT2D eigenvalue weighted by molar-refractivity contribution is 9.11. The predicted octanol–water partition coefficient (Wildman–Crippen LogP) is 4.38. The highest BCUT2D eigenvalue weighted by Gasteiger charge is 2.75. The third-order valence-corrected chi connectivity index (χ3v) is 10.4. The van der Waals surface area contributed by atoms with Gasteiger partial charge in [0.1, 0.15) is 29.8 Å². The molecule has 0 aromatic heterocycles. The molecule has 5 bridgehead atoms. The number of carbonyl (C=O) groups is 4. The van der Waals surface area contributed by atoms with Crippen LogP contribution in [0.5, 0.6) is 0 Å². The quantitative estimate of drug-likeness (QED) is 0.257. The number of unbranched alkanes of at least 4 members (excludes halogenated alkanes) is 1. The van der Waals surface area contributed by atoms with Crippen molar-refractivity contribution in [2.24, 2.45) is 11.8 Å². The number of hydrogen-bond acceptors (Lipinski definition) is 7. The number of carbonyl (C=O) groups excluding carboxylic acids is 4. The number of aliphatic hydroxyl groups excluding tert-OH is 1. The molecule has 4 heterocycles. The number of nitrogens with one attached hydrogen (secondary N) is 1. The fraction of sp³-hybridized carbons (Fsp3) is 0.429. The second-order valence-electron chi connectivity index (χ2n) is 12.3. The Labute approximate surface area is 286 Å². The van der Waals surface area contributed by atoms with E-state index >= 15 is 0 Å². The number of fused-ring (bicyclic) bond motifs is 2. The van der Waals surface area contributed by atoms with Crippen molar-refractivity contribution in [1.29, 1.82) is 0 Å². The zero-order valence-corrected chi connectivity index (χ0v) is 28.3. The lowest BCUT2D eigenvalue weighted by Crippen LogP contribution is -2.56. The Balaban J connectivity index is 1.47. The van der Waals surface area contributed by atoms with Crippen molar-refractivity contribution in [1.82, 2.24) is 10.2 Å². The Morgan fingerprint density at radius 2 is 1.83 bits per heavy atom. The van der Waals surface area contributed by atoms with Crippen molar-refractivity contribution in [2.75, 3.05) is 31.1 Å². The van der Waals surface area contributed by atoms with Gasteiger partial charge in [0, 0.05) is 30.6 Å². The summed E-state index contributed by atoms with van der Waals surface area (Å²) in [5.74, 6) is -3.76. The lowest BCUT2D eigenvalue weighted by molar-refractivity contribution is -0.159. The van der Waals surface area contributed by atoms with Crippen LogP contribution in [-0.2, 0) is 28.7 Å². The fourth-order valence-electron chi connectivity index (χ4n) is 7.23. The van der Waals surface area contributed by atoms with E-state index < -0.39 is 47.6 Å². The number of ether oxygens (including phenoxy) is 2. The molecule has 2 N–H and O–H groups in total. The number of cyclic esters (lactones) is 1. The molecule has 10 nitrogen and oxygen atoms in total. The number of esters is 1. The second kappa shape index (κ2) is 13.9. The molecule has 4 aliphatic heterocycles. The summed E-state index contributed by atoms with van der Waals surface area (Å²) in [4.78, 5) is 59.5. The van der Waals surface area contributed by atoms with Crippen LogP contribution in [0.3, 0.4) is 0 Å². The maximum Gasteiger partial charge on any atom is 0.313 e. The van der Waals surface area contributed by atoms with Gasteiger partial charge in [-0.05, 0) is 49.5 Å². The molecule has 47 heavy (non-hydrogen) atoms. The Kier molecular flexibility index (Phi) is 9.89. The van der Waals surface area contributed by atoms with Gasteiger partial charge in [0.15, 0.2) is 0 Å². The average molecular weight is 727 g/mol. The molecule has 4 aliphatic rings. The van der Waals surface area contributed by atoms with Gasteiger partial charge >= 0.3 is 5.97 Å². The molecule has 0 saturated carbocycles. The summed E-state index contributed by atoms with van der Waals surface area (Å²) in [6.07, 6.45) is 5.23. The third kappa shape index (κ3) is 6.14. The zero-order chi connectivity index (χ0) is 33.3. The van der Waals surface area contributed by atoms with Crippen LogP contribution in [0, 0.1) is 18.8 Å². The number of benzene rings is 2. The first-order valence-electron chi connectivity index (χ1n) is 15.9. The fourth-order valence-corrected chi connectivity index (χ4v) is 8.28. The summed E-state index contributed by atoms with van der Waals surface area (Å²) in [5, 5.41) is 12.8. The molecule has 2 saturated heterocycles. The Morgan fingerprint density at radius 3 is 2.57 bits per heavy atom. The summed E-state index contributed by atoms with van der Waals surface area (Å²) < 4.78 is 13.3. The van der Waals surface area contributed by atoms with Crippen molar-refractivity contribution >= 4 is 56.9 Å². The molecular formula is C35H37BrClN3O7. The van der Waals surface area contributed by atoms with Gasteiger partial charge < -0.3 is 29.7 Å². The first-order valence-corrected chi connectivity index (χ1v) is 17.1. The number of rotatable bonds is 6. The number of amides is 3. The summed E-state index contributed by atoms with van der Waals surface area (Å²) >= 11 is 10.3. The highest BCUT2D eigenvalue weighted by Crippen LogP contribution is 2.59. The standard InChI is InChI=1S/C35H37BrClN3O7/c1-21-11-10-14-24(37)29(21)39-16-7-3-6-15-26(42)38-20-25(22-12-4-2-5-13-22)46-34(45)27-28-32(43)40(17-8-9-18-41)31(33(39)44)35(28)19-23(36)30(27)47-35/h2-5,7,10-14,19,25,27-28,30-31,41H,6,8-9,15-18,20H2,1H3,(H,38,42)/b7-3-/t25-,27-,28+,30-,31-,35+/m0/s1. The Hall–Kier alpha value is -3.51. The molecule has 6 atom stereocenters. The van der Waals surface area contributed by atoms with Crippen LogP contribution < -0.4 is 10.2 Å². The summed E-state index contributed by atoms with van der Waals surface area (Å²) in [7, 11) is 0. The molecule has 1 spiro atoms. The van der Waals surface area contributed by atoms with Gasteiger partial charge in [-0.3, -0.25) is 19.2 Å². The number of anilines is 1. The van der Waals surface area contributed by atoms with E-state index in [0.717, 1.165) is 5.56 Å². The van der Waals surface area contributed by atoms with E-state index in [0.29, 0.717) is 40.0 Å². The Morgan fingerprint density at radius 1 is 1.04 bits per heavy atom. The normalized spacial score (nSPS) is 30.2. The van der Waals surface area contributed by atoms with E-state index in [9.17, 15) is 24.3 Å². The lowest BCUT2D eigenvalue weighted by atomic mass is 9.74. The minimum absolute atomic E-state index is 0.0469. The number of allylic oxidation sites excluding steroid dienone is 1. The first kappa shape index (κ1) is 33.4. The number of nitrogens with zero attached hydrogens (tertiary/aromatic N) is 2. The van der Waals surface area contributed by atoms with Crippen LogP contribution in [0.2, 0.25) is 5.02 Å². The van der Waals surface area contributed by atoms with E-state index in [-0.39, 0.29) is 44.5 Å². The highest BCUT2D eigenvalue weighted by atomic mass is 79.9. The third-order valence-electron chi connectivity index (χ3n) is 9.37. The number of aliphatic hydroxyl groups is 1. The van der Waals surface area contributed by atoms with Gasteiger partial charge in [-0.1, -0.05) is 82.1 Å². The summed E-state index contributed by atoms with van der Waals surface area (Å²) in [6.45, 7) is 2.14. The van der Waals surface area contributed by atoms with Crippen molar-refractivity contribution in [3.8, 4) is 0 Å². The first-order chi connectivity index (χ1) is 22.7. The van der Waals surface area contributed by atoms with Gasteiger partial charge in [0.25, 0.3) is 5.91 Å². The van der Waals surface area contributed by atoms with Crippen LogP contribution >= 0.6 is 27.5 Å². The van der Waals surface area contributed by atoms with Crippen molar-refractivity contribution in [2.45, 2.75) is 56.5 Å². The predicted molar refractivity (Wildman–Crippen MR) is 179 cm³/mol. The largest absolute Gasteiger partial charge is 0.455 e. The maximum absolute atomic E-state index is 15.0. The van der Waals surface area contributed by atoms with Gasteiger partial charge in [-0.25, -0.2) is 0 Å². The molecular weight excluding hydrogens is 690 g/mol. The number of para-hydroxylation sites is 1. The van der Waals surface area contributed by atoms with Crippen LogP contribution in [-0.4, -0.2) is 77.7 Å². The van der Waals surface area contributed by atoms with Gasteiger partial charge in [-0.15, -0.1) is 0 Å². The van der Waals surface area contributed by atoms with Crippen LogP contribution in [0.15, 0.2) is 71.2 Å². The summed E-state index contributed by atoms with van der Waals surface area (Å²) in [6, 6.07) is 13.3. The summed E-state index contributed by atoms with van der Waals surface area (Å²) in [5.41, 5.74) is 0.493. The van der Waals surface area contributed by atoms with Gasteiger partial charge in [0.2, 0.25) is 11.8 Å². The van der Waals surface area contributed by atoms with E-state index in [1.54, 1.807) is 23.1 Å². The van der Waals surface area contributed by atoms with Crippen LogP contribution in [0.1, 0.15) is 42.9 Å².